The Kier molecular flexibility index (Phi) is 5.48. The van der Waals surface area contributed by atoms with Gasteiger partial charge in [0.05, 0.1) is 5.92 Å². The molecule has 3 rings (SSSR count). The number of nitrogens with one attached hydrogen (secondary N) is 1. The van der Waals surface area contributed by atoms with E-state index in [1.165, 1.54) is 30.6 Å². The van der Waals surface area contributed by atoms with Gasteiger partial charge in [-0.1, -0.05) is 44.4 Å². The average molecular weight is 350 g/mol. The molecule has 2 aliphatic rings. The lowest BCUT2D eigenvalue weighted by Gasteiger charge is -2.31. The van der Waals surface area contributed by atoms with Gasteiger partial charge in [0.2, 0.25) is 16.9 Å². The van der Waals surface area contributed by atoms with Crippen molar-refractivity contribution in [2.45, 2.75) is 64.8 Å². The van der Waals surface area contributed by atoms with Crippen molar-refractivity contribution in [3.63, 3.8) is 0 Å². The number of rotatable bonds is 5. The molecule has 1 aromatic heterocycles. The highest BCUT2D eigenvalue weighted by molar-refractivity contribution is 7.15. The molecule has 2 heterocycles. The molecule has 7 heteroatoms. The molecule has 1 atom stereocenters. The molecular weight excluding hydrogens is 324 g/mol. The van der Waals surface area contributed by atoms with E-state index >= 15 is 0 Å². The molecule has 132 valence electrons. The Balaban J connectivity index is 1.55. The SMILES string of the molecule is CC(C)Cc1nnc(NC(=O)[C@@H]2CC(=O)N(C3CCCCC3)C2)s1. The van der Waals surface area contributed by atoms with Crippen molar-refractivity contribution in [3.05, 3.63) is 5.01 Å². The van der Waals surface area contributed by atoms with Crippen molar-refractivity contribution in [1.29, 1.82) is 0 Å². The highest BCUT2D eigenvalue weighted by atomic mass is 32.1. The van der Waals surface area contributed by atoms with Crippen molar-refractivity contribution in [2.75, 3.05) is 11.9 Å². The van der Waals surface area contributed by atoms with Crippen LogP contribution in [0.15, 0.2) is 0 Å². The van der Waals surface area contributed by atoms with E-state index in [0.717, 1.165) is 24.3 Å². The molecule has 0 radical (unpaired) electrons. The van der Waals surface area contributed by atoms with Crippen LogP contribution in [0.2, 0.25) is 0 Å². The normalized spacial score (nSPS) is 22.4. The second-order valence-corrected chi connectivity index (χ2v) is 8.39. The van der Waals surface area contributed by atoms with Crippen LogP contribution in [0.3, 0.4) is 0 Å². The summed E-state index contributed by atoms with van der Waals surface area (Å²) in [6, 6.07) is 0.336. The summed E-state index contributed by atoms with van der Waals surface area (Å²) < 4.78 is 0. The number of carbonyl (C=O) groups is 2. The van der Waals surface area contributed by atoms with Crippen LogP contribution in [0, 0.1) is 11.8 Å². The largest absolute Gasteiger partial charge is 0.339 e. The molecule has 0 unspecified atom stereocenters. The van der Waals surface area contributed by atoms with Crippen LogP contribution in [0.5, 0.6) is 0 Å². The number of amides is 2. The molecule has 1 aromatic rings. The van der Waals surface area contributed by atoms with Crippen molar-refractivity contribution < 1.29 is 9.59 Å². The number of hydrogen-bond donors (Lipinski definition) is 1. The standard InChI is InChI=1S/C17H26N4O2S/c1-11(2)8-14-19-20-17(24-14)18-16(23)12-9-15(22)21(10-12)13-6-4-3-5-7-13/h11-13H,3-10H2,1-2H3,(H,18,20,23)/t12-/m1/s1. The smallest absolute Gasteiger partial charge is 0.231 e. The molecule has 0 aromatic carbocycles. The van der Waals surface area contributed by atoms with Crippen molar-refractivity contribution in [1.82, 2.24) is 15.1 Å². The summed E-state index contributed by atoms with van der Waals surface area (Å²) in [7, 11) is 0. The molecule has 1 aliphatic heterocycles. The van der Waals surface area contributed by atoms with Gasteiger partial charge in [0.15, 0.2) is 0 Å². The zero-order chi connectivity index (χ0) is 17.1. The lowest BCUT2D eigenvalue weighted by Crippen LogP contribution is -2.38. The first-order chi connectivity index (χ1) is 11.5. The maximum atomic E-state index is 12.5. The third kappa shape index (κ3) is 4.12. The minimum Gasteiger partial charge on any atom is -0.339 e. The van der Waals surface area contributed by atoms with Gasteiger partial charge in [-0.15, -0.1) is 10.2 Å². The van der Waals surface area contributed by atoms with Gasteiger partial charge in [-0.05, 0) is 18.8 Å². The van der Waals surface area contributed by atoms with Gasteiger partial charge in [-0.2, -0.15) is 0 Å². The molecule has 1 N–H and O–H groups in total. The van der Waals surface area contributed by atoms with Gasteiger partial charge in [0, 0.05) is 25.4 Å². The van der Waals surface area contributed by atoms with E-state index in [0.29, 0.717) is 30.1 Å². The maximum absolute atomic E-state index is 12.5. The van der Waals surface area contributed by atoms with E-state index < -0.39 is 0 Å². The van der Waals surface area contributed by atoms with E-state index in [1.807, 2.05) is 4.90 Å². The van der Waals surface area contributed by atoms with E-state index in [4.69, 9.17) is 0 Å². The minimum atomic E-state index is -0.267. The van der Waals surface area contributed by atoms with Crippen LogP contribution >= 0.6 is 11.3 Å². The Morgan fingerprint density at radius 2 is 2.04 bits per heavy atom. The van der Waals surface area contributed by atoms with Crippen molar-refractivity contribution >= 4 is 28.3 Å². The first-order valence-corrected chi connectivity index (χ1v) is 9.77. The summed E-state index contributed by atoms with van der Waals surface area (Å²) in [6.07, 6.45) is 6.98. The maximum Gasteiger partial charge on any atom is 0.231 e. The van der Waals surface area contributed by atoms with Gasteiger partial charge in [0.25, 0.3) is 0 Å². The highest BCUT2D eigenvalue weighted by Gasteiger charge is 2.38. The molecule has 6 nitrogen and oxygen atoms in total. The summed E-state index contributed by atoms with van der Waals surface area (Å²) in [5.74, 6) is 0.267. The highest BCUT2D eigenvalue weighted by Crippen LogP contribution is 2.29. The van der Waals surface area contributed by atoms with Crippen molar-refractivity contribution in [2.24, 2.45) is 11.8 Å². The Labute approximate surface area is 147 Å². The summed E-state index contributed by atoms with van der Waals surface area (Å²) in [6.45, 7) is 4.81. The summed E-state index contributed by atoms with van der Waals surface area (Å²) in [4.78, 5) is 26.7. The van der Waals surface area contributed by atoms with Crippen LogP contribution in [0.25, 0.3) is 0 Å². The Bertz CT molecular complexity index is 595. The topological polar surface area (TPSA) is 75.2 Å². The predicted octanol–water partition coefficient (Wildman–Crippen LogP) is 2.86. The molecule has 24 heavy (non-hydrogen) atoms. The summed E-state index contributed by atoms with van der Waals surface area (Å²) in [5, 5.41) is 12.5. The Morgan fingerprint density at radius 1 is 1.29 bits per heavy atom. The van der Waals surface area contributed by atoms with Gasteiger partial charge in [0.1, 0.15) is 5.01 Å². The number of likely N-dealkylation sites (tertiary alicyclic amines) is 1. The van der Waals surface area contributed by atoms with E-state index in [1.54, 1.807) is 0 Å². The second-order valence-electron chi connectivity index (χ2n) is 7.33. The lowest BCUT2D eigenvalue weighted by atomic mass is 9.94. The van der Waals surface area contributed by atoms with Crippen molar-refractivity contribution in [3.8, 4) is 0 Å². The molecule has 0 bridgehead atoms. The van der Waals surface area contributed by atoms with Gasteiger partial charge in [-0.25, -0.2) is 0 Å². The van der Waals surface area contributed by atoms with E-state index in [-0.39, 0.29) is 17.7 Å². The summed E-state index contributed by atoms with van der Waals surface area (Å²) >= 11 is 1.43. The number of nitrogens with zero attached hydrogens (tertiary/aromatic N) is 3. The first-order valence-electron chi connectivity index (χ1n) is 8.95. The first kappa shape index (κ1) is 17.3. The van der Waals surface area contributed by atoms with Crippen LogP contribution in [0.4, 0.5) is 5.13 Å². The minimum absolute atomic E-state index is 0.103. The molecule has 2 amide bonds. The summed E-state index contributed by atoms with van der Waals surface area (Å²) in [5.41, 5.74) is 0. The van der Waals surface area contributed by atoms with Crippen LogP contribution in [0.1, 0.15) is 57.4 Å². The Hall–Kier alpha value is -1.50. The van der Waals surface area contributed by atoms with Gasteiger partial charge < -0.3 is 10.2 Å². The van der Waals surface area contributed by atoms with Crippen LogP contribution in [-0.2, 0) is 16.0 Å². The fourth-order valence-corrected chi connectivity index (χ4v) is 4.55. The number of hydrogen-bond acceptors (Lipinski definition) is 5. The predicted molar refractivity (Wildman–Crippen MR) is 93.8 cm³/mol. The van der Waals surface area contributed by atoms with Gasteiger partial charge >= 0.3 is 0 Å². The molecule has 1 saturated carbocycles. The quantitative estimate of drug-likeness (QED) is 0.886. The monoisotopic (exact) mass is 350 g/mol. The molecular formula is C17H26N4O2S. The third-order valence-corrected chi connectivity index (χ3v) is 5.69. The lowest BCUT2D eigenvalue weighted by molar-refractivity contribution is -0.130. The zero-order valence-electron chi connectivity index (χ0n) is 14.5. The number of anilines is 1. The average Bonchev–Trinajstić information content (AvgIpc) is 3.14. The molecule has 1 aliphatic carbocycles. The van der Waals surface area contributed by atoms with E-state index in [2.05, 4.69) is 29.4 Å². The number of carbonyl (C=O) groups excluding carboxylic acids is 2. The van der Waals surface area contributed by atoms with Gasteiger partial charge in [-0.3, -0.25) is 9.59 Å². The third-order valence-electron chi connectivity index (χ3n) is 4.82. The van der Waals surface area contributed by atoms with E-state index in [9.17, 15) is 9.59 Å². The molecule has 1 saturated heterocycles. The second kappa shape index (κ2) is 7.59. The number of aromatic nitrogens is 2. The van der Waals surface area contributed by atoms with Crippen LogP contribution < -0.4 is 5.32 Å². The zero-order valence-corrected chi connectivity index (χ0v) is 15.3. The fraction of sp³-hybridized carbons (Fsp3) is 0.765. The fourth-order valence-electron chi connectivity index (χ4n) is 3.60. The molecule has 0 spiro atoms. The molecule has 2 fully saturated rings. The Morgan fingerprint density at radius 3 is 2.75 bits per heavy atom. The van der Waals surface area contributed by atoms with Crippen LogP contribution in [-0.4, -0.2) is 39.5 Å².